The molecule has 10 aromatic rings. The first-order chi connectivity index (χ1) is 34.4. The number of benzene rings is 5. The Bertz CT molecular complexity index is 3340. The quantitative estimate of drug-likeness (QED) is 0.0735. The minimum atomic E-state index is -0.262. The van der Waals surface area contributed by atoms with E-state index in [1.165, 1.54) is 42.6 Å². The average molecular weight is 978 g/mol. The summed E-state index contributed by atoms with van der Waals surface area (Å²) < 4.78 is 42.6. The number of fused-ring (bicyclic) bond motifs is 2. The number of nitrogens with one attached hydrogen (secondary N) is 3. The summed E-state index contributed by atoms with van der Waals surface area (Å²) in [6.45, 7) is 5.84. The van der Waals surface area contributed by atoms with Gasteiger partial charge in [-0.3, -0.25) is 24.1 Å². The van der Waals surface area contributed by atoms with E-state index >= 15 is 0 Å². The van der Waals surface area contributed by atoms with E-state index in [2.05, 4.69) is 55.8 Å². The van der Waals surface area contributed by atoms with Crippen LogP contribution in [0.4, 0.5) is 30.6 Å². The van der Waals surface area contributed by atoms with Gasteiger partial charge < -0.3 is 26.2 Å². The molecule has 19 heteroatoms. The highest BCUT2D eigenvalue weighted by molar-refractivity contribution is 6.29. The summed E-state index contributed by atoms with van der Waals surface area (Å²) in [6.07, 6.45) is 13.0. The highest BCUT2D eigenvalue weighted by Crippen LogP contribution is 2.24. The number of aliphatic hydroxyl groups excluding tert-OH is 2. The lowest BCUT2D eigenvalue weighted by molar-refractivity contribution is 0.282. The molecule has 5 N–H and O–H groups in total. The largest absolute Gasteiger partial charge is 0.392 e. The second kappa shape index (κ2) is 22.9. The molecule has 0 saturated heterocycles. The first-order valence-electron chi connectivity index (χ1n) is 22.2. The second-order valence-corrected chi connectivity index (χ2v) is 16.6. The first-order valence-corrected chi connectivity index (χ1v) is 22.6. The number of anilines is 3. The van der Waals surface area contributed by atoms with Gasteiger partial charge in [-0.1, -0.05) is 60.1 Å². The summed E-state index contributed by atoms with van der Waals surface area (Å²) >= 11 is 5.73. The molecule has 0 spiro atoms. The molecule has 0 radical (unpaired) electrons. The zero-order valence-electron chi connectivity index (χ0n) is 38.5. The normalized spacial score (nSPS) is 12.2. The molecule has 0 aliphatic carbocycles. The molecule has 0 aliphatic heterocycles. The second-order valence-electron chi connectivity index (χ2n) is 16.2. The van der Waals surface area contributed by atoms with Crippen LogP contribution in [0, 0.1) is 17.5 Å². The third kappa shape index (κ3) is 12.7. The van der Waals surface area contributed by atoms with Crippen LogP contribution in [-0.4, -0.2) is 59.2 Å². The van der Waals surface area contributed by atoms with Crippen LogP contribution in [0.3, 0.4) is 0 Å². The molecule has 3 unspecified atom stereocenters. The first kappa shape index (κ1) is 49.1. The highest BCUT2D eigenvalue weighted by Gasteiger charge is 2.13. The fourth-order valence-corrected chi connectivity index (χ4v) is 7.48. The van der Waals surface area contributed by atoms with Crippen LogP contribution >= 0.6 is 11.6 Å². The van der Waals surface area contributed by atoms with Gasteiger partial charge in [0.15, 0.2) is 11.6 Å². The summed E-state index contributed by atoms with van der Waals surface area (Å²) in [5.74, 6) is 2.28. The van der Waals surface area contributed by atoms with Crippen LogP contribution in [0.5, 0.6) is 0 Å². The molecule has 15 nitrogen and oxygen atoms in total. The fraction of sp³-hybridized carbons (Fsp3) is 0.154. The van der Waals surface area contributed by atoms with E-state index in [4.69, 9.17) is 11.6 Å². The standard InChI is InChI=1S/2C20H18FN5O.C12H11ClFN3/c1-13(15-3-5-16(21)6-4-15)24-19-9-22-10-20(25-19)26-12-23-17-8-14(11-27)2-7-18(17)26;1-13(15-3-5-16(21)6-4-15)24-19-9-22-10-20(25-19)26-12-23-17-7-2-14(11-27)8-18(17)26;1-8(9-2-4-10(14)5-3-9)16-12-7-15-6-11(13)17-12/h2*2-10,12-13,27H,11H2,1H3,(H,24,25);2-8H,1H3,(H,16,17). The Balaban J connectivity index is 0.000000147. The van der Waals surface area contributed by atoms with Crippen molar-refractivity contribution in [3.63, 3.8) is 0 Å². The maximum Gasteiger partial charge on any atom is 0.159 e. The van der Waals surface area contributed by atoms with Crippen LogP contribution in [0.25, 0.3) is 33.7 Å². The molecular formula is C52H47ClF3N13O2. The van der Waals surface area contributed by atoms with E-state index in [-0.39, 0.29) is 48.8 Å². The number of aromatic nitrogens is 10. The van der Waals surface area contributed by atoms with Gasteiger partial charge in [0, 0.05) is 18.1 Å². The molecule has 3 atom stereocenters. The lowest BCUT2D eigenvalue weighted by Gasteiger charge is -2.15. The number of hydrogen-bond donors (Lipinski definition) is 5. The lowest BCUT2D eigenvalue weighted by Crippen LogP contribution is -2.09. The van der Waals surface area contributed by atoms with E-state index < -0.39 is 0 Å². The number of rotatable bonds is 13. The monoisotopic (exact) mass is 977 g/mol. The Morgan fingerprint density at radius 3 is 1.35 bits per heavy atom. The Hall–Kier alpha value is -8.32. The summed E-state index contributed by atoms with van der Waals surface area (Å²) in [7, 11) is 0. The fourth-order valence-electron chi connectivity index (χ4n) is 7.34. The smallest absolute Gasteiger partial charge is 0.159 e. The summed E-state index contributed by atoms with van der Waals surface area (Å²) in [5.41, 5.74) is 7.79. The Labute approximate surface area is 411 Å². The van der Waals surface area contributed by atoms with Gasteiger partial charge in [0.1, 0.15) is 52.7 Å². The van der Waals surface area contributed by atoms with Crippen molar-refractivity contribution < 1.29 is 23.4 Å². The van der Waals surface area contributed by atoms with Crippen LogP contribution in [-0.2, 0) is 13.2 Å². The van der Waals surface area contributed by atoms with E-state index in [0.29, 0.717) is 34.2 Å². The topological polar surface area (TPSA) is 190 Å². The molecule has 0 fully saturated rings. The van der Waals surface area contributed by atoms with Crippen molar-refractivity contribution in [3.8, 4) is 11.6 Å². The lowest BCUT2D eigenvalue weighted by atomic mass is 10.1. The Morgan fingerprint density at radius 1 is 0.479 bits per heavy atom. The summed E-state index contributed by atoms with van der Waals surface area (Å²) in [5, 5.41) is 28.7. The van der Waals surface area contributed by atoms with Crippen molar-refractivity contribution in [2.45, 2.75) is 52.1 Å². The van der Waals surface area contributed by atoms with Crippen LogP contribution in [0.1, 0.15) is 66.7 Å². The molecule has 0 aliphatic rings. The van der Waals surface area contributed by atoms with Gasteiger partial charge in [-0.05, 0) is 109 Å². The van der Waals surface area contributed by atoms with Crippen molar-refractivity contribution in [2.24, 2.45) is 0 Å². The SMILES string of the molecule is CC(Nc1cncc(-n2cnc3cc(CO)ccc32)n1)c1ccc(F)cc1.CC(Nc1cncc(-n2cnc3ccc(CO)cc32)n1)c1ccc(F)cc1.CC(Nc1cncc(Cl)n1)c1ccc(F)cc1. The minimum absolute atomic E-state index is 0.00312. The van der Waals surface area contributed by atoms with Crippen molar-refractivity contribution in [2.75, 3.05) is 16.0 Å². The molecule has 5 aromatic carbocycles. The van der Waals surface area contributed by atoms with Gasteiger partial charge in [0.05, 0.1) is 72.5 Å². The molecule has 10 rings (SSSR count). The number of aliphatic hydroxyl groups is 2. The molecular weight excluding hydrogens is 931 g/mol. The van der Waals surface area contributed by atoms with E-state index in [9.17, 15) is 23.4 Å². The van der Waals surface area contributed by atoms with Crippen LogP contribution in [0.2, 0.25) is 5.15 Å². The van der Waals surface area contributed by atoms with Gasteiger partial charge in [0.2, 0.25) is 0 Å². The van der Waals surface area contributed by atoms with Gasteiger partial charge in [-0.15, -0.1) is 0 Å². The molecule has 0 amide bonds. The van der Waals surface area contributed by atoms with E-state index in [0.717, 1.165) is 49.9 Å². The summed E-state index contributed by atoms with van der Waals surface area (Å²) in [4.78, 5) is 34.5. The zero-order chi connectivity index (χ0) is 49.9. The molecule has 0 bridgehead atoms. The minimum Gasteiger partial charge on any atom is -0.392 e. The van der Waals surface area contributed by atoms with Crippen molar-refractivity contribution in [1.29, 1.82) is 0 Å². The molecule has 5 heterocycles. The van der Waals surface area contributed by atoms with E-state index in [1.54, 1.807) is 80.0 Å². The van der Waals surface area contributed by atoms with Gasteiger partial charge in [0.25, 0.3) is 0 Å². The summed E-state index contributed by atoms with van der Waals surface area (Å²) in [6, 6.07) is 30.1. The third-order valence-electron chi connectivity index (χ3n) is 11.1. The third-order valence-corrected chi connectivity index (χ3v) is 11.3. The molecule has 360 valence electrons. The number of hydrogen-bond acceptors (Lipinski definition) is 13. The Kier molecular flexibility index (Phi) is 15.8. The van der Waals surface area contributed by atoms with Crippen molar-refractivity contribution in [3.05, 3.63) is 209 Å². The maximum absolute atomic E-state index is 13.1. The van der Waals surface area contributed by atoms with Crippen LogP contribution in [0.15, 0.2) is 159 Å². The molecule has 71 heavy (non-hydrogen) atoms. The molecule has 0 saturated carbocycles. The predicted molar refractivity (Wildman–Crippen MR) is 268 cm³/mol. The average Bonchev–Trinajstić information content (AvgIpc) is 4.02. The van der Waals surface area contributed by atoms with E-state index in [1.807, 2.05) is 66.3 Å². The van der Waals surface area contributed by atoms with Crippen molar-refractivity contribution in [1.82, 2.24) is 49.0 Å². The zero-order valence-corrected chi connectivity index (χ0v) is 39.3. The Morgan fingerprint density at radius 2 is 0.887 bits per heavy atom. The van der Waals surface area contributed by atoms with Gasteiger partial charge >= 0.3 is 0 Å². The highest BCUT2D eigenvalue weighted by atomic mass is 35.5. The number of halogens is 4. The van der Waals surface area contributed by atoms with Gasteiger partial charge in [-0.2, -0.15) is 0 Å². The predicted octanol–water partition coefficient (Wildman–Crippen LogP) is 10.7. The number of imidazole rings is 2. The maximum atomic E-state index is 13.1. The van der Waals surface area contributed by atoms with Gasteiger partial charge in [-0.25, -0.2) is 38.1 Å². The van der Waals surface area contributed by atoms with Crippen LogP contribution < -0.4 is 16.0 Å². The van der Waals surface area contributed by atoms with Crippen molar-refractivity contribution >= 4 is 51.1 Å². The number of nitrogens with zero attached hydrogens (tertiary/aromatic N) is 10. The molecule has 5 aromatic heterocycles.